The Morgan fingerprint density at radius 3 is 1.25 bits per heavy atom. The van der Waals surface area contributed by atoms with Crippen molar-refractivity contribution in [1.82, 2.24) is 0 Å². The molecular formula is C10H19BO9. The van der Waals surface area contributed by atoms with Gasteiger partial charge in [-0.2, -0.15) is 0 Å². The lowest BCUT2D eigenvalue weighted by atomic mass is 10.2. The topological polar surface area (TPSA) is 154 Å². The van der Waals surface area contributed by atoms with Gasteiger partial charge in [0, 0.05) is 13.2 Å². The molecule has 0 bridgehead atoms. The van der Waals surface area contributed by atoms with Crippen molar-refractivity contribution < 1.29 is 44.3 Å². The number of carboxylic acid groups (broad SMARTS) is 2. The average Bonchev–Trinajstić information content (AvgIpc) is 3.03. The Morgan fingerprint density at radius 1 is 0.850 bits per heavy atom. The van der Waals surface area contributed by atoms with Crippen LogP contribution in [0.3, 0.4) is 0 Å². The fraction of sp³-hybridized carbons (Fsp3) is 0.800. The van der Waals surface area contributed by atoms with E-state index in [2.05, 4.69) is 0 Å². The Morgan fingerprint density at radius 2 is 1.15 bits per heavy atom. The summed E-state index contributed by atoms with van der Waals surface area (Å²) in [6, 6.07) is 0. The van der Waals surface area contributed by atoms with Gasteiger partial charge in [0.05, 0.1) is 0 Å². The van der Waals surface area contributed by atoms with E-state index in [0.29, 0.717) is 26.1 Å². The van der Waals surface area contributed by atoms with Crippen LogP contribution in [0.15, 0.2) is 0 Å². The van der Waals surface area contributed by atoms with E-state index in [1.54, 1.807) is 0 Å². The molecule has 0 spiro atoms. The summed E-state index contributed by atoms with van der Waals surface area (Å²) in [6.45, 7) is 1.22. The van der Waals surface area contributed by atoms with Gasteiger partial charge >= 0.3 is 19.3 Å². The van der Waals surface area contributed by atoms with Gasteiger partial charge in [0.1, 0.15) is 0 Å². The van der Waals surface area contributed by atoms with Gasteiger partial charge in [-0.05, 0) is 25.7 Å². The van der Waals surface area contributed by atoms with Crippen LogP contribution in [0.4, 0.5) is 0 Å². The number of hydrogen-bond donors (Lipinski definition) is 5. The fourth-order valence-corrected chi connectivity index (χ4v) is 1.54. The maximum Gasteiger partial charge on any atom is 0.631 e. The summed E-state index contributed by atoms with van der Waals surface area (Å²) in [4.78, 5) is 20.2. The molecule has 2 unspecified atom stereocenters. The van der Waals surface area contributed by atoms with Crippen LogP contribution in [0.25, 0.3) is 0 Å². The van der Waals surface area contributed by atoms with Crippen LogP contribution < -0.4 is 0 Å². The molecular weight excluding hydrogens is 275 g/mol. The van der Waals surface area contributed by atoms with Crippen molar-refractivity contribution in [3.63, 3.8) is 0 Å². The van der Waals surface area contributed by atoms with Gasteiger partial charge in [-0.3, -0.25) is 0 Å². The molecule has 5 N–H and O–H groups in total. The molecule has 0 amide bonds. The maximum atomic E-state index is 10.1. The first-order valence-electron chi connectivity index (χ1n) is 6.07. The zero-order valence-corrected chi connectivity index (χ0v) is 10.8. The maximum absolute atomic E-state index is 10.1. The number of ether oxygens (including phenoxy) is 2. The highest BCUT2D eigenvalue weighted by molar-refractivity contribution is 6.30. The third kappa shape index (κ3) is 9.70. The number of hydrogen-bond acceptors (Lipinski definition) is 7. The molecule has 0 radical (unpaired) electrons. The molecule has 0 aromatic carbocycles. The van der Waals surface area contributed by atoms with Gasteiger partial charge < -0.3 is 34.8 Å². The van der Waals surface area contributed by atoms with Crippen molar-refractivity contribution in [2.45, 2.75) is 37.9 Å². The lowest BCUT2D eigenvalue weighted by Crippen LogP contribution is -2.17. The average molecular weight is 294 g/mol. The molecule has 20 heavy (non-hydrogen) atoms. The number of carboxylic acids is 2. The van der Waals surface area contributed by atoms with Crippen LogP contribution in [0.1, 0.15) is 25.7 Å². The van der Waals surface area contributed by atoms with E-state index in [1.165, 1.54) is 0 Å². The van der Waals surface area contributed by atoms with E-state index in [0.717, 1.165) is 12.8 Å². The highest BCUT2D eigenvalue weighted by atomic mass is 16.5. The van der Waals surface area contributed by atoms with Crippen LogP contribution in [-0.4, -0.2) is 70.0 Å². The summed E-state index contributed by atoms with van der Waals surface area (Å²) in [5.74, 6) is -1.66. The fourth-order valence-electron chi connectivity index (χ4n) is 1.54. The molecule has 116 valence electrons. The van der Waals surface area contributed by atoms with E-state index in [1.807, 2.05) is 0 Å². The normalized spacial score (nSPS) is 23.9. The number of carbonyl (C=O) groups is 2. The minimum Gasteiger partial charge on any atom is -0.479 e. The van der Waals surface area contributed by atoms with E-state index in [-0.39, 0.29) is 0 Å². The Kier molecular flexibility index (Phi) is 9.94. The van der Waals surface area contributed by atoms with Gasteiger partial charge in [-0.25, -0.2) is 9.59 Å². The quantitative estimate of drug-likeness (QED) is 0.381. The van der Waals surface area contributed by atoms with Crippen LogP contribution in [0, 0.1) is 0 Å². The monoisotopic (exact) mass is 294 g/mol. The van der Waals surface area contributed by atoms with Crippen LogP contribution in [0.5, 0.6) is 0 Å². The van der Waals surface area contributed by atoms with Crippen molar-refractivity contribution in [3.8, 4) is 0 Å². The molecule has 9 nitrogen and oxygen atoms in total. The molecule has 0 aromatic heterocycles. The molecule has 2 aliphatic heterocycles. The van der Waals surface area contributed by atoms with Gasteiger partial charge in [-0.1, -0.05) is 0 Å². The molecule has 0 aliphatic carbocycles. The minimum atomic E-state index is -2.17. The van der Waals surface area contributed by atoms with Crippen LogP contribution >= 0.6 is 0 Å². The highest BCUT2D eigenvalue weighted by Gasteiger charge is 2.22. The molecule has 2 fully saturated rings. The summed E-state index contributed by atoms with van der Waals surface area (Å²) in [5.41, 5.74) is 0. The first kappa shape index (κ1) is 18.8. The van der Waals surface area contributed by atoms with Gasteiger partial charge in [0.15, 0.2) is 12.2 Å². The van der Waals surface area contributed by atoms with Crippen molar-refractivity contribution in [1.29, 1.82) is 0 Å². The molecule has 2 heterocycles. The van der Waals surface area contributed by atoms with E-state index in [4.69, 9.17) is 34.8 Å². The summed E-state index contributed by atoms with van der Waals surface area (Å²) < 4.78 is 9.63. The van der Waals surface area contributed by atoms with Crippen molar-refractivity contribution in [3.05, 3.63) is 0 Å². The Labute approximate surface area is 115 Å². The lowest BCUT2D eigenvalue weighted by Gasteiger charge is -1.98. The Bertz CT molecular complexity index is 256. The molecule has 2 rings (SSSR count). The molecule has 10 heteroatoms. The third-order valence-corrected chi connectivity index (χ3v) is 2.41. The first-order valence-corrected chi connectivity index (χ1v) is 6.07. The molecule has 2 saturated heterocycles. The molecule has 2 aliphatic rings. The highest BCUT2D eigenvalue weighted by Crippen LogP contribution is 2.11. The Hall–Kier alpha value is -1.20. The lowest BCUT2D eigenvalue weighted by molar-refractivity contribution is -0.148. The second-order valence-corrected chi connectivity index (χ2v) is 4.03. The minimum absolute atomic E-state index is 0.519. The summed E-state index contributed by atoms with van der Waals surface area (Å²) in [6.07, 6.45) is 2.09. The summed E-state index contributed by atoms with van der Waals surface area (Å²) in [5, 5.41) is 38.1. The predicted molar refractivity (Wildman–Crippen MR) is 65.6 cm³/mol. The van der Waals surface area contributed by atoms with E-state index < -0.39 is 31.5 Å². The zero-order valence-electron chi connectivity index (χ0n) is 10.8. The van der Waals surface area contributed by atoms with E-state index in [9.17, 15) is 9.59 Å². The number of aliphatic carboxylic acids is 2. The summed E-state index contributed by atoms with van der Waals surface area (Å²) in [7, 11) is -2.17. The smallest absolute Gasteiger partial charge is 0.479 e. The Balaban J connectivity index is 0.000000289. The third-order valence-electron chi connectivity index (χ3n) is 2.41. The predicted octanol–water partition coefficient (Wildman–Crippen LogP) is -1.55. The number of rotatable bonds is 2. The zero-order chi connectivity index (χ0) is 15.5. The molecule has 0 aromatic rings. The van der Waals surface area contributed by atoms with Crippen molar-refractivity contribution in [2.24, 2.45) is 0 Å². The second kappa shape index (κ2) is 10.6. The van der Waals surface area contributed by atoms with E-state index >= 15 is 0 Å². The molecule has 2 atom stereocenters. The van der Waals surface area contributed by atoms with Crippen molar-refractivity contribution in [2.75, 3.05) is 13.2 Å². The standard InChI is InChI=1S/2C5H8O3.BH3O3/c2*6-5(7)4-2-1-3-8-4;2-1(3)4/h2*4H,1-3H2,(H,6,7);2-4H. The molecule has 0 saturated carbocycles. The van der Waals surface area contributed by atoms with Crippen molar-refractivity contribution >= 4 is 19.3 Å². The summed E-state index contributed by atoms with van der Waals surface area (Å²) >= 11 is 0. The SMILES string of the molecule is O=C(O)C1CCCO1.O=C(O)C1CCCO1.OB(O)O. The van der Waals surface area contributed by atoms with Gasteiger partial charge in [0.2, 0.25) is 0 Å². The largest absolute Gasteiger partial charge is 0.631 e. The first-order chi connectivity index (χ1) is 9.34. The van der Waals surface area contributed by atoms with Gasteiger partial charge in [0.25, 0.3) is 0 Å². The second-order valence-electron chi connectivity index (χ2n) is 4.03. The van der Waals surface area contributed by atoms with Gasteiger partial charge in [-0.15, -0.1) is 0 Å². The van der Waals surface area contributed by atoms with Crippen LogP contribution in [0.2, 0.25) is 0 Å². The van der Waals surface area contributed by atoms with Crippen LogP contribution in [-0.2, 0) is 19.1 Å².